The first-order valence-corrected chi connectivity index (χ1v) is 5.37. The maximum absolute atomic E-state index is 13.8. The van der Waals surface area contributed by atoms with E-state index in [1.54, 1.807) is 0 Å². The number of hydrogen-bond donors (Lipinski definition) is 3. The van der Waals surface area contributed by atoms with Crippen molar-refractivity contribution >= 4 is 5.82 Å². The van der Waals surface area contributed by atoms with Gasteiger partial charge in [-0.1, -0.05) is 0 Å². The number of halogens is 2. The summed E-state index contributed by atoms with van der Waals surface area (Å²) in [5, 5.41) is 18.3. The smallest absolute Gasteiger partial charge is 0.351 e. The van der Waals surface area contributed by atoms with E-state index in [1.165, 1.54) is 0 Å². The Bertz CT molecular complexity index is 466. The summed E-state index contributed by atoms with van der Waals surface area (Å²) < 4.78 is 32.5. The van der Waals surface area contributed by atoms with Crippen molar-refractivity contribution in [3.05, 3.63) is 22.7 Å². The fourth-order valence-electron chi connectivity index (χ4n) is 1.46. The van der Waals surface area contributed by atoms with Crippen LogP contribution in [0, 0.1) is 0 Å². The van der Waals surface area contributed by atoms with Gasteiger partial charge in [-0.2, -0.15) is 4.98 Å². The Morgan fingerprint density at radius 1 is 1.58 bits per heavy atom. The van der Waals surface area contributed by atoms with Crippen LogP contribution in [0.5, 0.6) is 0 Å². The maximum Gasteiger partial charge on any atom is 0.351 e. The van der Waals surface area contributed by atoms with E-state index in [1.807, 2.05) is 0 Å². The molecule has 9 heteroatoms. The lowest BCUT2D eigenvalue weighted by Gasteiger charge is -2.25. The molecule has 0 aliphatic rings. The fourth-order valence-corrected chi connectivity index (χ4v) is 1.46. The van der Waals surface area contributed by atoms with E-state index in [4.69, 9.17) is 10.8 Å². The summed E-state index contributed by atoms with van der Waals surface area (Å²) in [7, 11) is 1.13. The van der Waals surface area contributed by atoms with Gasteiger partial charge in [-0.05, 0) is 6.07 Å². The average Bonchev–Trinajstić information content (AvgIpc) is 2.38. The molecule has 0 radical (unpaired) electrons. The molecule has 0 fully saturated rings. The summed E-state index contributed by atoms with van der Waals surface area (Å²) >= 11 is 0. The number of ether oxygens (including phenoxy) is 1. The second-order valence-corrected chi connectivity index (χ2v) is 3.81. The molecule has 19 heavy (non-hydrogen) atoms. The molecule has 4 atom stereocenters. The zero-order valence-electron chi connectivity index (χ0n) is 10.1. The van der Waals surface area contributed by atoms with Crippen molar-refractivity contribution in [3.63, 3.8) is 0 Å². The summed E-state index contributed by atoms with van der Waals surface area (Å²) in [5.74, 6) is -0.130. The van der Waals surface area contributed by atoms with E-state index < -0.39 is 37.0 Å². The monoisotopic (exact) mass is 279 g/mol. The summed E-state index contributed by atoms with van der Waals surface area (Å²) in [6.45, 7) is -0.695. The molecule has 0 amide bonds. The van der Waals surface area contributed by atoms with Crippen LogP contribution >= 0.6 is 0 Å². The van der Waals surface area contributed by atoms with E-state index in [0.29, 0.717) is 4.57 Å². The Morgan fingerprint density at radius 3 is 2.68 bits per heavy atom. The lowest BCUT2D eigenvalue weighted by Crippen LogP contribution is -2.43. The van der Waals surface area contributed by atoms with E-state index >= 15 is 0 Å². The fraction of sp³-hybridized carbons (Fsp3) is 0.600. The Morgan fingerprint density at radius 2 is 2.21 bits per heavy atom. The van der Waals surface area contributed by atoms with Crippen molar-refractivity contribution in [3.8, 4) is 0 Å². The van der Waals surface area contributed by atoms with Gasteiger partial charge in [-0.3, -0.25) is 4.57 Å². The normalized spacial score (nSPS) is 17.7. The lowest BCUT2D eigenvalue weighted by atomic mass is 10.1. The first-order chi connectivity index (χ1) is 8.92. The van der Waals surface area contributed by atoms with Crippen molar-refractivity contribution in [1.29, 1.82) is 0 Å². The lowest BCUT2D eigenvalue weighted by molar-refractivity contribution is -0.0980. The third-order valence-corrected chi connectivity index (χ3v) is 2.57. The molecule has 0 saturated heterocycles. The number of methoxy groups -OCH3 is 1. The third kappa shape index (κ3) is 3.46. The van der Waals surface area contributed by atoms with Gasteiger partial charge in [-0.15, -0.1) is 0 Å². The van der Waals surface area contributed by atoms with Crippen LogP contribution in [-0.2, 0) is 4.74 Å². The van der Waals surface area contributed by atoms with Crippen LogP contribution < -0.4 is 11.4 Å². The zero-order chi connectivity index (χ0) is 14.6. The molecule has 1 aromatic rings. The molecule has 0 aliphatic carbocycles. The number of rotatable bonds is 6. The molecule has 0 spiro atoms. The molecular formula is C10H15F2N3O4. The zero-order valence-corrected chi connectivity index (χ0v) is 10.1. The SMILES string of the molecule is CO[C@H](CO)C(O)[C@H](F)C(F)n1ccc(N)nc1=O. The number of alkyl halides is 2. The second-order valence-electron chi connectivity index (χ2n) is 3.81. The molecule has 108 valence electrons. The van der Waals surface area contributed by atoms with Crippen LogP contribution in [-0.4, -0.2) is 51.9 Å². The Balaban J connectivity index is 2.92. The number of nitrogens with zero attached hydrogens (tertiary/aromatic N) is 2. The van der Waals surface area contributed by atoms with Gasteiger partial charge in [0.05, 0.1) is 6.61 Å². The van der Waals surface area contributed by atoms with Crippen LogP contribution in [0.2, 0.25) is 0 Å². The number of nitrogens with two attached hydrogens (primary N) is 1. The van der Waals surface area contributed by atoms with Gasteiger partial charge in [0.25, 0.3) is 0 Å². The Hall–Kier alpha value is -1.58. The molecule has 0 saturated carbocycles. The largest absolute Gasteiger partial charge is 0.394 e. The quantitative estimate of drug-likeness (QED) is 0.616. The highest BCUT2D eigenvalue weighted by molar-refractivity contribution is 5.23. The highest BCUT2D eigenvalue weighted by atomic mass is 19.2. The standard InChI is InChI=1S/C10H15F2N3O4/c1-19-5(4-16)8(17)7(11)9(12)15-3-2-6(13)14-10(15)18/h2-3,5,7-9,16-17H,4H2,1H3,(H2,13,14,18)/t5-,7+,8?,9?/m1/s1. The summed E-state index contributed by atoms with van der Waals surface area (Å²) in [6, 6.07) is 1.12. The molecule has 1 heterocycles. The highest BCUT2D eigenvalue weighted by Crippen LogP contribution is 2.21. The first kappa shape index (κ1) is 15.5. The predicted octanol–water partition coefficient (Wildman–Crippen LogP) is -1.00. The van der Waals surface area contributed by atoms with Gasteiger partial charge in [-0.25, -0.2) is 13.6 Å². The number of hydrogen-bond acceptors (Lipinski definition) is 6. The van der Waals surface area contributed by atoms with E-state index in [9.17, 15) is 18.7 Å². The Labute approximate surface area is 107 Å². The molecule has 2 unspecified atom stereocenters. The second kappa shape index (κ2) is 6.55. The third-order valence-electron chi connectivity index (χ3n) is 2.57. The number of aromatic nitrogens is 2. The minimum absolute atomic E-state index is 0.130. The molecule has 4 N–H and O–H groups in total. The van der Waals surface area contributed by atoms with Crippen LogP contribution in [0.15, 0.2) is 17.1 Å². The Kier molecular flexibility index (Phi) is 5.33. The van der Waals surface area contributed by atoms with Crippen molar-refractivity contribution < 1.29 is 23.7 Å². The maximum atomic E-state index is 13.8. The molecule has 0 aliphatic heterocycles. The van der Waals surface area contributed by atoms with Crippen LogP contribution in [0.1, 0.15) is 6.30 Å². The van der Waals surface area contributed by atoms with Crippen LogP contribution in [0.25, 0.3) is 0 Å². The van der Waals surface area contributed by atoms with Crippen molar-refractivity contribution in [2.24, 2.45) is 0 Å². The molecule has 1 aromatic heterocycles. The van der Waals surface area contributed by atoms with E-state index in [2.05, 4.69) is 9.72 Å². The average molecular weight is 279 g/mol. The topological polar surface area (TPSA) is 111 Å². The van der Waals surface area contributed by atoms with E-state index in [-0.39, 0.29) is 5.82 Å². The van der Waals surface area contributed by atoms with Gasteiger partial charge < -0.3 is 20.7 Å². The highest BCUT2D eigenvalue weighted by Gasteiger charge is 2.35. The van der Waals surface area contributed by atoms with Gasteiger partial charge >= 0.3 is 5.69 Å². The van der Waals surface area contributed by atoms with Gasteiger partial charge in [0.1, 0.15) is 18.0 Å². The number of anilines is 1. The summed E-state index contributed by atoms with van der Waals surface area (Å²) in [4.78, 5) is 14.6. The van der Waals surface area contributed by atoms with Crippen molar-refractivity contribution in [2.45, 2.75) is 24.7 Å². The molecule has 1 rings (SSSR count). The summed E-state index contributed by atoms with van der Waals surface area (Å²) in [6.07, 6.45) is -7.25. The minimum atomic E-state index is -2.47. The number of nitrogen functional groups attached to an aromatic ring is 1. The number of aliphatic hydroxyl groups excluding tert-OH is 2. The van der Waals surface area contributed by atoms with Crippen LogP contribution in [0.4, 0.5) is 14.6 Å². The van der Waals surface area contributed by atoms with Gasteiger partial charge in [0.2, 0.25) is 6.30 Å². The molecular weight excluding hydrogens is 264 g/mol. The van der Waals surface area contributed by atoms with Gasteiger partial charge in [0.15, 0.2) is 6.17 Å². The summed E-state index contributed by atoms with van der Waals surface area (Å²) in [5.41, 5.74) is 4.13. The predicted molar refractivity (Wildman–Crippen MR) is 61.8 cm³/mol. The van der Waals surface area contributed by atoms with Gasteiger partial charge in [0, 0.05) is 13.3 Å². The van der Waals surface area contributed by atoms with Crippen molar-refractivity contribution in [2.75, 3.05) is 19.5 Å². The molecule has 0 bridgehead atoms. The number of aliphatic hydroxyl groups is 2. The minimum Gasteiger partial charge on any atom is -0.394 e. The van der Waals surface area contributed by atoms with Crippen molar-refractivity contribution in [1.82, 2.24) is 9.55 Å². The van der Waals surface area contributed by atoms with E-state index in [0.717, 1.165) is 19.4 Å². The molecule has 7 nitrogen and oxygen atoms in total. The molecule has 0 aromatic carbocycles. The van der Waals surface area contributed by atoms with Crippen LogP contribution in [0.3, 0.4) is 0 Å². The first-order valence-electron chi connectivity index (χ1n) is 5.37.